The number of nitrogens with zero attached hydrogens (tertiary/aromatic N) is 2. The minimum absolute atomic E-state index is 0.0116. The zero-order valence-corrected chi connectivity index (χ0v) is 11.4. The zero-order valence-electron chi connectivity index (χ0n) is 11.4. The Balaban J connectivity index is 2.74. The number of hydrogen-bond acceptors (Lipinski definition) is 3. The van der Waals surface area contributed by atoms with E-state index in [0.717, 1.165) is 6.54 Å². The molecule has 1 heterocycles. The summed E-state index contributed by atoms with van der Waals surface area (Å²) >= 11 is 0. The van der Waals surface area contributed by atoms with Crippen molar-refractivity contribution in [1.29, 1.82) is 0 Å². The topological polar surface area (TPSA) is 52.7 Å². The molecule has 0 radical (unpaired) electrons. The molecule has 0 spiro atoms. The molecular formula is C12H23N3O2. The number of rotatable bonds is 4. The molecule has 98 valence electrons. The lowest BCUT2D eigenvalue weighted by Gasteiger charge is -2.33. The van der Waals surface area contributed by atoms with Crippen LogP contribution in [-0.2, 0) is 4.79 Å². The van der Waals surface area contributed by atoms with Gasteiger partial charge in [-0.3, -0.25) is 9.69 Å². The van der Waals surface area contributed by atoms with E-state index in [1.165, 1.54) is 9.80 Å². The predicted molar refractivity (Wildman–Crippen MR) is 66.7 cm³/mol. The Labute approximate surface area is 103 Å². The molecule has 0 saturated carbocycles. The van der Waals surface area contributed by atoms with Gasteiger partial charge in [-0.1, -0.05) is 27.7 Å². The van der Waals surface area contributed by atoms with Gasteiger partial charge in [0.2, 0.25) is 5.91 Å². The Kier molecular flexibility index (Phi) is 4.14. The third-order valence-electron chi connectivity index (χ3n) is 3.09. The second-order valence-corrected chi connectivity index (χ2v) is 5.62. The van der Waals surface area contributed by atoms with Gasteiger partial charge in [0, 0.05) is 19.6 Å². The fourth-order valence-corrected chi connectivity index (χ4v) is 1.92. The fourth-order valence-electron chi connectivity index (χ4n) is 1.92. The number of imide groups is 1. The van der Waals surface area contributed by atoms with E-state index in [2.05, 4.69) is 26.1 Å². The SMILES string of the molecule is CCNC(CN1C(=O)CN(C)C1=O)C(C)(C)C. The summed E-state index contributed by atoms with van der Waals surface area (Å²) in [6, 6.07) is -0.0750. The van der Waals surface area contributed by atoms with Crippen LogP contribution in [0.4, 0.5) is 4.79 Å². The van der Waals surface area contributed by atoms with Crippen LogP contribution in [0.1, 0.15) is 27.7 Å². The van der Waals surface area contributed by atoms with Gasteiger partial charge in [-0.2, -0.15) is 0 Å². The largest absolute Gasteiger partial charge is 0.327 e. The quantitative estimate of drug-likeness (QED) is 0.744. The lowest BCUT2D eigenvalue weighted by molar-refractivity contribution is -0.125. The molecule has 1 saturated heterocycles. The highest BCUT2D eigenvalue weighted by Gasteiger charge is 2.37. The second kappa shape index (κ2) is 5.04. The van der Waals surface area contributed by atoms with Crippen molar-refractivity contribution in [2.75, 3.05) is 26.7 Å². The van der Waals surface area contributed by atoms with Crippen LogP contribution < -0.4 is 5.32 Å². The minimum atomic E-state index is -0.192. The van der Waals surface area contributed by atoms with E-state index >= 15 is 0 Å². The van der Waals surface area contributed by atoms with Crippen molar-refractivity contribution in [2.24, 2.45) is 5.41 Å². The van der Waals surface area contributed by atoms with Crippen molar-refractivity contribution >= 4 is 11.9 Å². The molecule has 1 aliphatic rings. The van der Waals surface area contributed by atoms with Gasteiger partial charge >= 0.3 is 6.03 Å². The van der Waals surface area contributed by atoms with Crippen molar-refractivity contribution in [3.8, 4) is 0 Å². The van der Waals surface area contributed by atoms with Crippen LogP contribution in [0.2, 0.25) is 0 Å². The van der Waals surface area contributed by atoms with Crippen molar-refractivity contribution in [2.45, 2.75) is 33.7 Å². The highest BCUT2D eigenvalue weighted by Crippen LogP contribution is 2.21. The number of carbonyl (C=O) groups is 2. The lowest BCUT2D eigenvalue weighted by atomic mass is 9.86. The molecule has 3 amide bonds. The smallest absolute Gasteiger partial charge is 0.318 e. The summed E-state index contributed by atoms with van der Waals surface area (Å²) < 4.78 is 0. The summed E-state index contributed by atoms with van der Waals surface area (Å²) in [5, 5.41) is 3.34. The van der Waals surface area contributed by atoms with Crippen LogP contribution in [-0.4, -0.2) is 54.5 Å². The van der Waals surface area contributed by atoms with E-state index in [0.29, 0.717) is 6.54 Å². The molecule has 0 aromatic carbocycles. The second-order valence-electron chi connectivity index (χ2n) is 5.62. The molecule has 5 heteroatoms. The van der Waals surface area contributed by atoms with Crippen molar-refractivity contribution in [3.05, 3.63) is 0 Å². The highest BCUT2D eigenvalue weighted by atomic mass is 16.2. The van der Waals surface area contributed by atoms with Crippen LogP contribution in [0.5, 0.6) is 0 Å². The number of carbonyl (C=O) groups excluding carboxylic acids is 2. The normalized spacial score (nSPS) is 19.1. The third-order valence-corrected chi connectivity index (χ3v) is 3.09. The molecule has 17 heavy (non-hydrogen) atoms. The molecular weight excluding hydrogens is 218 g/mol. The van der Waals surface area contributed by atoms with Crippen LogP contribution in [0.25, 0.3) is 0 Å². The van der Waals surface area contributed by atoms with Crippen molar-refractivity contribution < 1.29 is 9.59 Å². The van der Waals surface area contributed by atoms with Gasteiger partial charge in [0.05, 0.1) is 0 Å². The molecule has 1 atom stereocenters. The molecule has 0 bridgehead atoms. The summed E-state index contributed by atoms with van der Waals surface area (Å²) in [7, 11) is 1.65. The monoisotopic (exact) mass is 241 g/mol. The first kappa shape index (κ1) is 14.0. The van der Waals surface area contributed by atoms with Gasteiger partial charge in [-0.25, -0.2) is 4.79 Å². The number of nitrogens with one attached hydrogen (secondary N) is 1. The van der Waals surface area contributed by atoms with Gasteiger partial charge in [-0.15, -0.1) is 0 Å². The highest BCUT2D eigenvalue weighted by molar-refractivity contribution is 6.01. The molecule has 0 aliphatic carbocycles. The van der Waals surface area contributed by atoms with Crippen LogP contribution in [0.3, 0.4) is 0 Å². The maximum absolute atomic E-state index is 11.8. The lowest BCUT2D eigenvalue weighted by Crippen LogP contribution is -2.50. The van der Waals surface area contributed by atoms with Gasteiger partial charge in [0.15, 0.2) is 0 Å². The first-order chi connectivity index (χ1) is 7.77. The Hall–Kier alpha value is -1.10. The third kappa shape index (κ3) is 3.19. The summed E-state index contributed by atoms with van der Waals surface area (Å²) in [5.41, 5.74) is 0.0116. The van der Waals surface area contributed by atoms with E-state index in [-0.39, 0.29) is 29.9 Å². The van der Waals surface area contributed by atoms with E-state index < -0.39 is 0 Å². The zero-order chi connectivity index (χ0) is 13.2. The first-order valence-electron chi connectivity index (χ1n) is 6.06. The maximum Gasteiger partial charge on any atom is 0.327 e. The average molecular weight is 241 g/mol. The summed E-state index contributed by atoms with van der Waals surface area (Å²) in [5.74, 6) is -0.107. The van der Waals surface area contributed by atoms with Gasteiger partial charge in [0.1, 0.15) is 6.54 Å². The average Bonchev–Trinajstić information content (AvgIpc) is 2.42. The predicted octanol–water partition coefficient (Wildman–Crippen LogP) is 0.905. The van der Waals surface area contributed by atoms with E-state index in [1.54, 1.807) is 7.05 Å². The van der Waals surface area contributed by atoms with E-state index in [1.807, 2.05) is 6.92 Å². The summed E-state index contributed by atoms with van der Waals surface area (Å²) in [6.07, 6.45) is 0. The van der Waals surface area contributed by atoms with E-state index in [4.69, 9.17) is 0 Å². The summed E-state index contributed by atoms with van der Waals surface area (Å²) in [4.78, 5) is 26.3. The molecule has 1 aliphatic heterocycles. The molecule has 1 N–H and O–H groups in total. The van der Waals surface area contributed by atoms with E-state index in [9.17, 15) is 9.59 Å². The Morgan fingerprint density at radius 1 is 1.35 bits per heavy atom. The maximum atomic E-state index is 11.8. The van der Waals surface area contributed by atoms with Crippen LogP contribution >= 0.6 is 0 Å². The van der Waals surface area contributed by atoms with Crippen molar-refractivity contribution in [3.63, 3.8) is 0 Å². The summed E-state index contributed by atoms with van der Waals surface area (Å²) in [6.45, 7) is 9.81. The van der Waals surface area contributed by atoms with Gasteiger partial charge in [-0.05, 0) is 12.0 Å². The number of likely N-dealkylation sites (N-methyl/N-ethyl adjacent to an activating group) is 2. The van der Waals surface area contributed by atoms with Crippen molar-refractivity contribution in [1.82, 2.24) is 15.1 Å². The molecule has 1 unspecified atom stereocenters. The molecule has 1 fully saturated rings. The Bertz CT molecular complexity index is 309. The van der Waals surface area contributed by atoms with Crippen LogP contribution in [0, 0.1) is 5.41 Å². The molecule has 0 aromatic rings. The molecule has 5 nitrogen and oxygen atoms in total. The van der Waals surface area contributed by atoms with Gasteiger partial charge in [0.25, 0.3) is 0 Å². The molecule has 1 rings (SSSR count). The number of urea groups is 1. The molecule has 0 aromatic heterocycles. The first-order valence-corrected chi connectivity index (χ1v) is 6.06. The number of amides is 3. The minimum Gasteiger partial charge on any atom is -0.318 e. The number of hydrogen-bond donors (Lipinski definition) is 1. The standard InChI is InChI=1S/C12H23N3O2/c1-6-13-9(12(2,3)4)7-15-10(16)8-14(5)11(15)17/h9,13H,6-8H2,1-5H3. The van der Waals surface area contributed by atoms with Crippen LogP contribution in [0.15, 0.2) is 0 Å². The fraction of sp³-hybridized carbons (Fsp3) is 0.833. The van der Waals surface area contributed by atoms with Gasteiger partial charge < -0.3 is 10.2 Å². The Morgan fingerprint density at radius 2 is 1.94 bits per heavy atom. The Morgan fingerprint density at radius 3 is 2.29 bits per heavy atom.